The molecular weight excluding hydrogens is 299 g/mol. The molecule has 1 aromatic rings. The molecule has 0 N–H and O–H groups in total. The Morgan fingerprint density at radius 3 is 2.72 bits per heavy atom. The zero-order chi connectivity index (χ0) is 11.9. The molecule has 93 valence electrons. The number of ether oxygens (including phenoxy) is 1. The van der Waals surface area contributed by atoms with Crippen LogP contribution in [0.2, 0.25) is 0 Å². The zero-order valence-corrected chi connectivity index (χ0v) is 13.7. The van der Waals surface area contributed by atoms with Crippen LogP contribution < -0.4 is 0 Å². The molecule has 1 aromatic carbocycles. The molecule has 0 aromatic heterocycles. The molecule has 0 unspecified atom stereocenters. The molecule has 1 fully saturated rings. The van der Waals surface area contributed by atoms with Gasteiger partial charge in [-0.1, -0.05) is 24.8 Å². The number of benzene rings is 1. The van der Waals surface area contributed by atoms with E-state index >= 15 is 0 Å². The molecular formula is C15H18NOY-. The topological polar surface area (TPSA) is 12.5 Å². The maximum Gasteiger partial charge on any atom is 0.0595 e. The van der Waals surface area contributed by atoms with Gasteiger partial charge in [-0.15, -0.1) is 5.92 Å². The van der Waals surface area contributed by atoms with Crippen molar-refractivity contribution in [1.29, 1.82) is 0 Å². The number of aryl methyl sites for hydroxylation is 1. The molecule has 0 amide bonds. The average molecular weight is 317 g/mol. The minimum atomic E-state index is 0. The third-order valence-corrected chi connectivity index (χ3v) is 2.90. The van der Waals surface area contributed by atoms with E-state index in [2.05, 4.69) is 41.9 Å². The van der Waals surface area contributed by atoms with Crippen LogP contribution in [0.5, 0.6) is 0 Å². The molecule has 2 rings (SSSR count). The van der Waals surface area contributed by atoms with Gasteiger partial charge in [0.2, 0.25) is 0 Å². The van der Waals surface area contributed by atoms with Crippen molar-refractivity contribution >= 4 is 0 Å². The number of hydrogen-bond donors (Lipinski definition) is 0. The Kier molecular flexibility index (Phi) is 7.78. The largest absolute Gasteiger partial charge is 0.379 e. The van der Waals surface area contributed by atoms with Crippen molar-refractivity contribution in [3.8, 4) is 11.8 Å². The first-order valence-electron chi connectivity index (χ1n) is 6.18. The van der Waals surface area contributed by atoms with E-state index in [0.717, 1.165) is 44.8 Å². The fourth-order valence-corrected chi connectivity index (χ4v) is 1.77. The molecule has 0 bridgehead atoms. The first-order valence-corrected chi connectivity index (χ1v) is 6.18. The van der Waals surface area contributed by atoms with E-state index in [-0.39, 0.29) is 32.7 Å². The first kappa shape index (κ1) is 15.9. The molecule has 0 spiro atoms. The summed E-state index contributed by atoms with van der Waals surface area (Å²) in [4.78, 5) is 2.32. The van der Waals surface area contributed by atoms with Gasteiger partial charge in [0.1, 0.15) is 0 Å². The van der Waals surface area contributed by atoms with E-state index in [1.54, 1.807) is 0 Å². The Hall–Kier alpha value is -0.196. The van der Waals surface area contributed by atoms with Gasteiger partial charge in [-0.05, 0) is 0 Å². The maximum atomic E-state index is 5.29. The van der Waals surface area contributed by atoms with E-state index in [4.69, 9.17) is 4.74 Å². The second kappa shape index (κ2) is 8.83. The number of morpholine rings is 1. The van der Waals surface area contributed by atoms with Crippen LogP contribution in [0.3, 0.4) is 0 Å². The molecule has 0 aliphatic carbocycles. The van der Waals surface area contributed by atoms with Crippen LogP contribution in [0.25, 0.3) is 0 Å². The summed E-state index contributed by atoms with van der Waals surface area (Å²) in [6.07, 6.45) is 1.03. The van der Waals surface area contributed by atoms with Crippen molar-refractivity contribution in [2.75, 3.05) is 32.8 Å². The first-order chi connectivity index (χ1) is 8.38. The smallest absolute Gasteiger partial charge is 0.0595 e. The zero-order valence-electron chi connectivity index (χ0n) is 10.9. The van der Waals surface area contributed by atoms with Gasteiger partial charge >= 0.3 is 0 Å². The predicted molar refractivity (Wildman–Crippen MR) is 68.8 cm³/mol. The number of nitrogens with zero attached hydrogens (tertiary/aromatic N) is 1. The Morgan fingerprint density at radius 1 is 1.33 bits per heavy atom. The summed E-state index contributed by atoms with van der Waals surface area (Å²) in [6, 6.07) is 9.38. The van der Waals surface area contributed by atoms with Crippen molar-refractivity contribution in [3.05, 3.63) is 35.4 Å². The van der Waals surface area contributed by atoms with Gasteiger partial charge in [0.05, 0.1) is 19.8 Å². The fourth-order valence-electron chi connectivity index (χ4n) is 1.77. The summed E-state index contributed by atoms with van der Waals surface area (Å²) in [5, 5.41) is 0. The van der Waals surface area contributed by atoms with Gasteiger partial charge in [0, 0.05) is 45.8 Å². The van der Waals surface area contributed by atoms with Gasteiger partial charge in [0.15, 0.2) is 0 Å². The van der Waals surface area contributed by atoms with Gasteiger partial charge in [-0.25, -0.2) is 0 Å². The molecule has 18 heavy (non-hydrogen) atoms. The number of rotatable bonds is 2. The van der Waals surface area contributed by atoms with Gasteiger partial charge < -0.3 is 4.74 Å². The molecule has 1 radical (unpaired) electrons. The second-order valence-electron chi connectivity index (χ2n) is 4.15. The van der Waals surface area contributed by atoms with E-state index in [0.29, 0.717) is 0 Å². The number of hydrogen-bond acceptors (Lipinski definition) is 2. The Balaban J connectivity index is 0.00000162. The molecule has 3 heteroatoms. The molecule has 1 aliphatic rings. The fraction of sp³-hybridized carbons (Fsp3) is 0.467. The van der Waals surface area contributed by atoms with Gasteiger partial charge in [0.25, 0.3) is 0 Å². The summed E-state index contributed by atoms with van der Waals surface area (Å²) in [6.45, 7) is 6.63. The standard InChI is InChI=1S/C15H18NO.Y/c1-2-14-5-7-15(8-6-14)4-3-9-16-10-12-17-13-11-16;/h5,7-8H,2,9-13H2,1H3;/q-1;. The van der Waals surface area contributed by atoms with E-state index in [9.17, 15) is 0 Å². The third kappa shape index (κ3) is 5.20. The van der Waals surface area contributed by atoms with Gasteiger partial charge in [-0.2, -0.15) is 29.8 Å². The van der Waals surface area contributed by atoms with Crippen molar-refractivity contribution in [1.82, 2.24) is 4.90 Å². The van der Waals surface area contributed by atoms with Crippen LogP contribution in [0.4, 0.5) is 0 Å². The second-order valence-corrected chi connectivity index (χ2v) is 4.15. The van der Waals surface area contributed by atoms with Crippen LogP contribution in [-0.2, 0) is 43.9 Å². The third-order valence-electron chi connectivity index (χ3n) is 2.90. The quantitative estimate of drug-likeness (QED) is 0.608. The maximum absolute atomic E-state index is 5.29. The normalized spacial score (nSPS) is 15.4. The molecule has 1 aliphatic heterocycles. The van der Waals surface area contributed by atoms with Crippen LogP contribution in [0.15, 0.2) is 18.2 Å². The molecule has 0 saturated carbocycles. The molecule has 2 nitrogen and oxygen atoms in total. The van der Waals surface area contributed by atoms with Crippen molar-refractivity contribution in [2.45, 2.75) is 13.3 Å². The summed E-state index contributed by atoms with van der Waals surface area (Å²) in [5.74, 6) is 6.39. The monoisotopic (exact) mass is 317 g/mol. The average Bonchev–Trinajstić information content (AvgIpc) is 2.41. The predicted octanol–water partition coefficient (Wildman–Crippen LogP) is 1.73. The van der Waals surface area contributed by atoms with Crippen LogP contribution >= 0.6 is 0 Å². The SMILES string of the molecule is CCc1[c-]cc(C#CCN2CCOCC2)cc1.[Y]. The summed E-state index contributed by atoms with van der Waals surface area (Å²) in [7, 11) is 0. The molecule has 1 saturated heterocycles. The minimum Gasteiger partial charge on any atom is -0.379 e. The van der Waals surface area contributed by atoms with E-state index < -0.39 is 0 Å². The van der Waals surface area contributed by atoms with E-state index in [1.165, 1.54) is 5.56 Å². The van der Waals surface area contributed by atoms with Crippen molar-refractivity contribution in [3.63, 3.8) is 0 Å². The van der Waals surface area contributed by atoms with Crippen molar-refractivity contribution in [2.24, 2.45) is 0 Å². The molecule has 1 heterocycles. The molecule has 0 atom stereocenters. The summed E-state index contributed by atoms with van der Waals surface area (Å²) in [5.41, 5.74) is 2.29. The minimum absolute atomic E-state index is 0. The van der Waals surface area contributed by atoms with Gasteiger partial charge in [-0.3, -0.25) is 4.90 Å². The van der Waals surface area contributed by atoms with Crippen molar-refractivity contribution < 1.29 is 37.4 Å². The Labute approximate surface area is 135 Å². The van der Waals surface area contributed by atoms with E-state index in [1.807, 2.05) is 6.07 Å². The summed E-state index contributed by atoms with van der Waals surface area (Å²) < 4.78 is 5.29. The van der Waals surface area contributed by atoms with Crippen LogP contribution in [0, 0.1) is 17.9 Å². The van der Waals surface area contributed by atoms with Crippen LogP contribution in [-0.4, -0.2) is 37.7 Å². The van der Waals surface area contributed by atoms with Crippen LogP contribution in [0.1, 0.15) is 18.1 Å². The summed E-state index contributed by atoms with van der Waals surface area (Å²) >= 11 is 0. The Bertz CT molecular complexity index is 399. The Morgan fingerprint density at radius 2 is 2.11 bits per heavy atom.